The largest absolute Gasteiger partial charge is 0.490 e. The van der Waals surface area contributed by atoms with Crippen molar-refractivity contribution in [2.24, 2.45) is 5.92 Å². The maximum absolute atomic E-state index is 15.0. The number of aromatic amines is 1. The molecule has 3 aliphatic rings. The van der Waals surface area contributed by atoms with Crippen LogP contribution in [0.1, 0.15) is 93.8 Å². The molecule has 3 aliphatic heterocycles. The molecule has 1 amide bonds. The number of rotatable bonds is 4. The molecule has 0 aliphatic carbocycles. The summed E-state index contributed by atoms with van der Waals surface area (Å²) in [5.74, 6) is -6.48. The van der Waals surface area contributed by atoms with E-state index in [-0.39, 0.29) is 17.4 Å². The fourth-order valence-corrected chi connectivity index (χ4v) is 7.53. The fraction of sp³-hybridized carbons (Fsp3) is 0.568. The lowest BCUT2D eigenvalue weighted by Crippen LogP contribution is -3.17. The average molecular weight is 858 g/mol. The van der Waals surface area contributed by atoms with Gasteiger partial charge in [0.25, 0.3) is 0 Å². The van der Waals surface area contributed by atoms with Crippen molar-refractivity contribution >= 4 is 29.4 Å². The number of halogens is 9. The van der Waals surface area contributed by atoms with Crippen molar-refractivity contribution in [2.45, 2.75) is 102 Å². The van der Waals surface area contributed by atoms with Crippen molar-refractivity contribution in [2.75, 3.05) is 26.2 Å². The number of carbonyl (C=O) groups is 3. The van der Waals surface area contributed by atoms with Crippen LogP contribution in [-0.4, -0.2) is 87.2 Å². The predicted octanol–water partition coefficient (Wildman–Crippen LogP) is 5.66. The summed E-state index contributed by atoms with van der Waals surface area (Å²) in [5, 5.41) is 23.2. The number of ether oxygens (including phenoxy) is 1. The number of amides is 1. The minimum absolute atomic E-state index is 0.0144. The Kier molecular flexibility index (Phi) is 13.3. The highest BCUT2D eigenvalue weighted by Gasteiger charge is 2.58. The molecule has 320 valence electrons. The van der Waals surface area contributed by atoms with Gasteiger partial charge in [-0.1, -0.05) is 17.7 Å². The Hall–Kier alpha value is -4.43. The van der Waals surface area contributed by atoms with Crippen molar-refractivity contribution in [3.63, 3.8) is 0 Å². The van der Waals surface area contributed by atoms with Crippen LogP contribution in [0, 0.1) is 31.4 Å². The van der Waals surface area contributed by atoms with Gasteiger partial charge in [0.1, 0.15) is 22.8 Å². The maximum Gasteiger partial charge on any atom is 0.490 e. The summed E-state index contributed by atoms with van der Waals surface area (Å²) in [4.78, 5) is 38.7. The molecule has 0 saturated carbocycles. The number of H-pyrrole nitrogens is 1. The number of likely N-dealkylation sites (tertiary alicyclic amines) is 2. The number of piperidine rings is 1. The van der Waals surface area contributed by atoms with Crippen LogP contribution in [0.5, 0.6) is 0 Å². The molecule has 4 N–H and O–H groups in total. The van der Waals surface area contributed by atoms with Crippen LogP contribution in [0.25, 0.3) is 0 Å². The SMILES string of the molecule is Cc1nnc(C(C)(C)C2OC3(CCN(C(=O)C4C[NH+](C(C)(C)C)C[C@H]4c4ccc(F)cc4F)CC3)c3[nH+]c(C)c(Cl)cc32)o1.O=C(O)C(F)(F)F.O=C(O)C(F)(F)F. The van der Waals surface area contributed by atoms with Crippen molar-refractivity contribution in [3.8, 4) is 0 Å². The zero-order valence-electron chi connectivity index (χ0n) is 32.5. The monoisotopic (exact) mass is 857 g/mol. The Morgan fingerprint density at radius 3 is 1.91 bits per heavy atom. The van der Waals surface area contributed by atoms with Gasteiger partial charge >= 0.3 is 24.3 Å². The summed E-state index contributed by atoms with van der Waals surface area (Å²) in [5.41, 5.74) is 1.76. The van der Waals surface area contributed by atoms with E-state index in [9.17, 15) is 35.5 Å². The second kappa shape index (κ2) is 16.7. The highest BCUT2D eigenvalue weighted by atomic mass is 35.5. The molecule has 1 aromatic carbocycles. The van der Waals surface area contributed by atoms with Crippen LogP contribution in [-0.2, 0) is 30.1 Å². The van der Waals surface area contributed by atoms with Gasteiger partial charge in [-0.05, 0) is 52.3 Å². The summed E-state index contributed by atoms with van der Waals surface area (Å²) < 4.78 is 105. The first-order chi connectivity index (χ1) is 26.5. The maximum atomic E-state index is 15.0. The Labute approximate surface area is 332 Å². The van der Waals surface area contributed by atoms with E-state index in [1.165, 1.54) is 17.0 Å². The number of aliphatic carboxylic acids is 2. The third-order valence-corrected chi connectivity index (χ3v) is 11.0. The molecule has 5 heterocycles. The number of hydrogen-bond donors (Lipinski definition) is 3. The molecule has 4 atom stereocenters. The number of pyridine rings is 1. The van der Waals surface area contributed by atoms with Crippen molar-refractivity contribution in [3.05, 3.63) is 75.2 Å². The third kappa shape index (κ3) is 10.0. The quantitative estimate of drug-likeness (QED) is 0.281. The molecular formula is C37H44ClF8N5O7+2. The fourth-order valence-electron chi connectivity index (χ4n) is 7.36. The van der Waals surface area contributed by atoms with Crippen LogP contribution in [0.3, 0.4) is 0 Å². The Balaban J connectivity index is 0.000000456. The van der Waals surface area contributed by atoms with E-state index in [4.69, 9.17) is 40.6 Å². The third-order valence-electron chi connectivity index (χ3n) is 10.6. The van der Waals surface area contributed by atoms with E-state index in [0.29, 0.717) is 61.4 Å². The number of hydrogen-bond acceptors (Lipinski definition) is 7. The molecule has 0 radical (unpaired) electrons. The van der Waals surface area contributed by atoms with Crippen LogP contribution in [0.15, 0.2) is 28.7 Å². The molecule has 2 saturated heterocycles. The molecule has 1 spiro atoms. The van der Waals surface area contributed by atoms with Gasteiger partial charge in [0.2, 0.25) is 23.4 Å². The molecule has 2 fully saturated rings. The number of nitrogens with zero attached hydrogens (tertiary/aromatic N) is 3. The second-order valence-electron chi connectivity index (χ2n) is 16.0. The predicted molar refractivity (Wildman–Crippen MR) is 187 cm³/mol. The van der Waals surface area contributed by atoms with E-state index in [1.807, 2.05) is 31.7 Å². The highest BCUT2D eigenvalue weighted by Crippen LogP contribution is 2.54. The first-order valence-corrected chi connectivity index (χ1v) is 18.3. The summed E-state index contributed by atoms with van der Waals surface area (Å²) in [6.45, 7) is 16.3. The highest BCUT2D eigenvalue weighted by molar-refractivity contribution is 6.31. The van der Waals surface area contributed by atoms with Gasteiger partial charge in [0.15, 0.2) is 11.3 Å². The molecular weight excluding hydrogens is 814 g/mol. The lowest BCUT2D eigenvalue weighted by molar-refractivity contribution is -0.936. The first kappa shape index (κ1) is 46.3. The van der Waals surface area contributed by atoms with E-state index in [0.717, 1.165) is 23.0 Å². The summed E-state index contributed by atoms with van der Waals surface area (Å²) in [6.07, 6.45) is -9.41. The molecule has 12 nitrogen and oxygen atoms in total. The number of aromatic nitrogens is 3. The van der Waals surface area contributed by atoms with Gasteiger partial charge in [0.05, 0.1) is 41.4 Å². The van der Waals surface area contributed by atoms with E-state index in [1.54, 1.807) is 6.92 Å². The van der Waals surface area contributed by atoms with Gasteiger partial charge in [-0.2, -0.15) is 26.3 Å². The molecule has 2 aromatic heterocycles. The minimum atomic E-state index is -5.08. The van der Waals surface area contributed by atoms with E-state index >= 15 is 4.39 Å². The number of carboxylic acids is 2. The van der Waals surface area contributed by atoms with Gasteiger partial charge in [-0.25, -0.2) is 23.4 Å². The molecule has 3 unspecified atom stereocenters. The van der Waals surface area contributed by atoms with Crippen molar-refractivity contribution < 1.29 is 78.8 Å². The number of nitrogens with one attached hydrogen (secondary N) is 2. The zero-order chi connectivity index (χ0) is 43.9. The zero-order valence-corrected chi connectivity index (χ0v) is 33.2. The summed E-state index contributed by atoms with van der Waals surface area (Å²) >= 11 is 6.61. The smallest absolute Gasteiger partial charge is 0.475 e. The molecule has 6 rings (SSSR count). The van der Waals surface area contributed by atoms with Crippen molar-refractivity contribution in [1.29, 1.82) is 0 Å². The Morgan fingerprint density at radius 2 is 1.45 bits per heavy atom. The van der Waals surface area contributed by atoms with E-state index in [2.05, 4.69) is 36.0 Å². The van der Waals surface area contributed by atoms with Crippen molar-refractivity contribution in [1.82, 2.24) is 15.1 Å². The number of quaternary nitrogens is 1. The van der Waals surface area contributed by atoms with Crippen LogP contribution >= 0.6 is 11.6 Å². The Bertz CT molecular complexity index is 1990. The average Bonchev–Trinajstić information content (AvgIpc) is 3.82. The van der Waals surface area contributed by atoms with Gasteiger partial charge < -0.3 is 29.2 Å². The number of alkyl halides is 6. The number of benzene rings is 1. The topological polar surface area (TPSA) is 162 Å². The lowest BCUT2D eigenvalue weighted by atomic mass is 9.81. The van der Waals surface area contributed by atoms with Gasteiger partial charge in [0, 0.05) is 45.8 Å². The van der Waals surface area contributed by atoms with Gasteiger partial charge in [-0.3, -0.25) is 4.79 Å². The molecule has 3 aromatic rings. The molecule has 21 heteroatoms. The molecule has 58 heavy (non-hydrogen) atoms. The lowest BCUT2D eigenvalue weighted by Gasteiger charge is -2.39. The van der Waals surface area contributed by atoms with Gasteiger partial charge in [-0.15, -0.1) is 10.2 Å². The van der Waals surface area contributed by atoms with Crippen LogP contribution in [0.4, 0.5) is 35.1 Å². The number of carboxylic acid groups (broad SMARTS) is 2. The normalized spacial score (nSPS) is 21.8. The number of fused-ring (bicyclic) bond motifs is 2. The molecule has 0 bridgehead atoms. The van der Waals surface area contributed by atoms with Crippen LogP contribution in [0.2, 0.25) is 5.02 Å². The van der Waals surface area contributed by atoms with E-state index < -0.39 is 59.0 Å². The summed E-state index contributed by atoms with van der Waals surface area (Å²) in [7, 11) is 0. The first-order valence-electron chi connectivity index (χ1n) is 17.9. The van der Waals surface area contributed by atoms with Crippen LogP contribution < -0.4 is 9.88 Å². The minimum Gasteiger partial charge on any atom is -0.475 e. The number of aryl methyl sites for hydroxylation is 2. The summed E-state index contributed by atoms with van der Waals surface area (Å²) in [6, 6.07) is 5.68. The number of carbonyl (C=O) groups excluding carboxylic acids is 1. The second-order valence-corrected chi connectivity index (χ2v) is 16.4. The Morgan fingerprint density at radius 1 is 0.897 bits per heavy atom. The standard InChI is InChI=1S/C33H40ClF2N5O3.2C2HF3O2/c1-18-25(34)15-22-27(37-18)33(44-28(22)32(6,7)30-39-38-19(2)43-30)10-12-40(13-11-33)29(42)24-17-41(31(3,4)5)16-23(24)21-9-8-20(35)14-26(21)36;2*3-2(4,5)1(6)7/h8-9,14-15,23-24,28H,10-13,16-17H2,1-7H3;2*(H,6,7)/p+2/t23-,24?,28?;;/m0../s1.